The number of carbonyl (C=O) groups excluding carboxylic acids is 1. The second-order valence-electron chi connectivity index (χ2n) is 3.80. The van der Waals surface area contributed by atoms with Crippen molar-refractivity contribution in [1.82, 2.24) is 0 Å². The van der Waals surface area contributed by atoms with E-state index in [9.17, 15) is 4.79 Å². The van der Waals surface area contributed by atoms with E-state index in [1.165, 1.54) is 0 Å². The molecule has 0 spiro atoms. The van der Waals surface area contributed by atoms with E-state index in [1.54, 1.807) is 7.11 Å². The van der Waals surface area contributed by atoms with Crippen molar-refractivity contribution in [2.24, 2.45) is 5.73 Å². The molecule has 0 bridgehead atoms. The van der Waals surface area contributed by atoms with Crippen LogP contribution in [-0.4, -0.2) is 18.6 Å². The number of amides is 1. The van der Waals surface area contributed by atoms with Crippen LogP contribution in [0.2, 0.25) is 0 Å². The summed E-state index contributed by atoms with van der Waals surface area (Å²) in [7, 11) is 1.62. The Morgan fingerprint density at radius 1 is 1.40 bits per heavy atom. The third-order valence-electron chi connectivity index (χ3n) is 2.70. The van der Waals surface area contributed by atoms with Gasteiger partial charge in [-0.25, -0.2) is 0 Å². The molecule has 1 aromatic rings. The van der Waals surface area contributed by atoms with Crippen molar-refractivity contribution < 1.29 is 9.53 Å². The van der Waals surface area contributed by atoms with Crippen molar-refractivity contribution in [3.8, 4) is 5.75 Å². The van der Waals surface area contributed by atoms with Crippen molar-refractivity contribution in [2.45, 2.75) is 18.4 Å². The number of nitrogens with one attached hydrogen (secondary N) is 1. The first-order valence-electron chi connectivity index (χ1n) is 4.88. The molecule has 4 nitrogen and oxygen atoms in total. The molecule has 0 unspecified atom stereocenters. The zero-order valence-corrected chi connectivity index (χ0v) is 8.62. The van der Waals surface area contributed by atoms with Gasteiger partial charge >= 0.3 is 0 Å². The van der Waals surface area contributed by atoms with Crippen LogP contribution in [0.1, 0.15) is 12.8 Å². The van der Waals surface area contributed by atoms with Gasteiger partial charge in [0, 0.05) is 5.69 Å². The third-order valence-corrected chi connectivity index (χ3v) is 2.70. The smallest absolute Gasteiger partial charge is 0.243 e. The topological polar surface area (TPSA) is 64.3 Å². The molecule has 1 aliphatic carbocycles. The fourth-order valence-corrected chi connectivity index (χ4v) is 1.51. The van der Waals surface area contributed by atoms with E-state index in [4.69, 9.17) is 10.5 Å². The molecule has 1 aromatic carbocycles. The van der Waals surface area contributed by atoms with E-state index in [-0.39, 0.29) is 5.91 Å². The van der Waals surface area contributed by atoms with Gasteiger partial charge in [0.1, 0.15) is 11.3 Å². The third kappa shape index (κ3) is 1.88. The number of anilines is 1. The summed E-state index contributed by atoms with van der Waals surface area (Å²) in [5.74, 6) is 0.516. The predicted octanol–water partition coefficient (Wildman–Crippen LogP) is 1.12. The van der Waals surface area contributed by atoms with Gasteiger partial charge < -0.3 is 15.8 Å². The Morgan fingerprint density at radius 3 is 2.40 bits per heavy atom. The summed E-state index contributed by atoms with van der Waals surface area (Å²) in [4.78, 5) is 11.1. The van der Waals surface area contributed by atoms with E-state index in [1.807, 2.05) is 24.3 Å². The summed E-state index contributed by atoms with van der Waals surface area (Å²) < 4.78 is 5.04. The SMILES string of the molecule is COc1ccc(NC2(C(N)=O)CC2)cc1. The van der Waals surface area contributed by atoms with Crippen LogP contribution in [0.25, 0.3) is 0 Å². The van der Waals surface area contributed by atoms with Gasteiger partial charge in [0.2, 0.25) is 5.91 Å². The molecule has 0 radical (unpaired) electrons. The van der Waals surface area contributed by atoms with Gasteiger partial charge in [0.25, 0.3) is 0 Å². The maximum Gasteiger partial charge on any atom is 0.243 e. The van der Waals surface area contributed by atoms with Gasteiger partial charge in [-0.1, -0.05) is 0 Å². The number of ether oxygens (including phenoxy) is 1. The number of primary amides is 1. The lowest BCUT2D eigenvalue weighted by atomic mass is 10.2. The minimum absolute atomic E-state index is 0.279. The molecule has 2 rings (SSSR count). The first-order chi connectivity index (χ1) is 7.16. The van der Waals surface area contributed by atoms with Gasteiger partial charge in [0.05, 0.1) is 7.11 Å². The highest BCUT2D eigenvalue weighted by molar-refractivity contribution is 5.91. The van der Waals surface area contributed by atoms with Crippen LogP contribution in [0.15, 0.2) is 24.3 Å². The Bertz CT molecular complexity index is 369. The Hall–Kier alpha value is -1.71. The van der Waals surface area contributed by atoms with Crippen molar-refractivity contribution in [1.29, 1.82) is 0 Å². The molecular formula is C11H14N2O2. The highest BCUT2D eigenvalue weighted by Crippen LogP contribution is 2.38. The van der Waals surface area contributed by atoms with E-state index >= 15 is 0 Å². The summed E-state index contributed by atoms with van der Waals surface area (Å²) in [5, 5.41) is 3.15. The molecule has 1 saturated carbocycles. The predicted molar refractivity (Wildman–Crippen MR) is 57.8 cm³/mol. The molecule has 0 heterocycles. The molecule has 0 saturated heterocycles. The normalized spacial score (nSPS) is 16.9. The summed E-state index contributed by atoms with van der Waals surface area (Å²) in [6, 6.07) is 7.45. The zero-order chi connectivity index (χ0) is 10.9. The fraction of sp³-hybridized carbons (Fsp3) is 0.364. The Morgan fingerprint density at radius 2 is 2.00 bits per heavy atom. The number of benzene rings is 1. The van der Waals surface area contributed by atoms with Gasteiger partial charge in [-0.05, 0) is 37.1 Å². The van der Waals surface area contributed by atoms with E-state index in [0.29, 0.717) is 0 Å². The summed E-state index contributed by atoms with van der Waals surface area (Å²) in [5.41, 5.74) is 5.70. The lowest BCUT2D eigenvalue weighted by Crippen LogP contribution is -2.37. The number of hydrogen-bond acceptors (Lipinski definition) is 3. The molecule has 80 valence electrons. The maximum absolute atomic E-state index is 11.1. The molecule has 1 fully saturated rings. The molecule has 0 aliphatic heterocycles. The van der Waals surface area contributed by atoms with Crippen LogP contribution in [0, 0.1) is 0 Å². The van der Waals surface area contributed by atoms with E-state index in [0.717, 1.165) is 24.3 Å². The Balaban J connectivity index is 2.08. The molecule has 1 amide bonds. The van der Waals surface area contributed by atoms with Crippen molar-refractivity contribution in [2.75, 3.05) is 12.4 Å². The second kappa shape index (κ2) is 3.46. The Labute approximate surface area is 88.4 Å². The molecule has 4 heteroatoms. The van der Waals surface area contributed by atoms with Crippen molar-refractivity contribution >= 4 is 11.6 Å². The number of hydrogen-bond donors (Lipinski definition) is 2. The van der Waals surface area contributed by atoms with Gasteiger partial charge in [-0.3, -0.25) is 4.79 Å². The van der Waals surface area contributed by atoms with Crippen molar-refractivity contribution in [3.05, 3.63) is 24.3 Å². The second-order valence-corrected chi connectivity index (χ2v) is 3.80. The van der Waals surface area contributed by atoms with Gasteiger partial charge in [-0.15, -0.1) is 0 Å². The molecule has 0 atom stereocenters. The number of carbonyl (C=O) groups is 1. The molecular weight excluding hydrogens is 192 g/mol. The minimum atomic E-state index is -0.505. The summed E-state index contributed by atoms with van der Waals surface area (Å²) in [6.45, 7) is 0. The monoisotopic (exact) mass is 206 g/mol. The molecule has 15 heavy (non-hydrogen) atoms. The standard InChI is InChI=1S/C11H14N2O2/c1-15-9-4-2-8(3-5-9)13-11(6-7-11)10(12)14/h2-5,13H,6-7H2,1H3,(H2,12,14). The molecule has 3 N–H and O–H groups in total. The van der Waals surface area contributed by atoms with Crippen LogP contribution in [0.4, 0.5) is 5.69 Å². The molecule has 1 aliphatic rings. The van der Waals surface area contributed by atoms with Crippen LogP contribution in [0.3, 0.4) is 0 Å². The fourth-order valence-electron chi connectivity index (χ4n) is 1.51. The Kier molecular flexibility index (Phi) is 2.26. The lowest BCUT2D eigenvalue weighted by molar-refractivity contribution is -0.119. The van der Waals surface area contributed by atoms with Crippen LogP contribution >= 0.6 is 0 Å². The quantitative estimate of drug-likeness (QED) is 0.776. The van der Waals surface area contributed by atoms with E-state index in [2.05, 4.69) is 5.32 Å². The maximum atomic E-state index is 11.1. The van der Waals surface area contributed by atoms with Gasteiger partial charge in [0.15, 0.2) is 0 Å². The van der Waals surface area contributed by atoms with Gasteiger partial charge in [-0.2, -0.15) is 0 Å². The first-order valence-corrected chi connectivity index (χ1v) is 4.88. The molecule has 0 aromatic heterocycles. The number of rotatable bonds is 4. The lowest BCUT2D eigenvalue weighted by Gasteiger charge is -2.14. The summed E-state index contributed by atoms with van der Waals surface area (Å²) in [6.07, 6.45) is 1.63. The minimum Gasteiger partial charge on any atom is -0.497 e. The number of methoxy groups -OCH3 is 1. The van der Waals surface area contributed by atoms with Crippen LogP contribution in [0.5, 0.6) is 5.75 Å². The highest BCUT2D eigenvalue weighted by atomic mass is 16.5. The average molecular weight is 206 g/mol. The van der Waals surface area contributed by atoms with E-state index < -0.39 is 5.54 Å². The van der Waals surface area contributed by atoms with Crippen LogP contribution in [-0.2, 0) is 4.79 Å². The first kappa shape index (κ1) is 9.83. The average Bonchev–Trinajstić information content (AvgIpc) is 3.00. The van der Waals surface area contributed by atoms with Crippen molar-refractivity contribution in [3.63, 3.8) is 0 Å². The van der Waals surface area contributed by atoms with Crippen LogP contribution < -0.4 is 15.8 Å². The highest BCUT2D eigenvalue weighted by Gasteiger charge is 2.48. The zero-order valence-electron chi connectivity index (χ0n) is 8.62. The number of nitrogens with two attached hydrogens (primary N) is 1. The summed E-state index contributed by atoms with van der Waals surface area (Å²) >= 11 is 0. The largest absolute Gasteiger partial charge is 0.497 e.